The maximum absolute atomic E-state index is 5.94. The van der Waals surface area contributed by atoms with Gasteiger partial charge in [-0.1, -0.05) is 29.8 Å². The Morgan fingerprint density at radius 2 is 1.80 bits per heavy atom. The van der Waals surface area contributed by atoms with Crippen LogP contribution in [-0.4, -0.2) is 33.8 Å². The molecular weight excluding hydrogens is 511 g/mol. The van der Waals surface area contributed by atoms with Crippen LogP contribution >= 0.6 is 35.6 Å². The molecule has 1 aromatic carbocycles. The van der Waals surface area contributed by atoms with Crippen molar-refractivity contribution in [1.82, 2.24) is 25.4 Å². The highest BCUT2D eigenvalue weighted by molar-refractivity contribution is 14.0. The Morgan fingerprint density at radius 3 is 2.40 bits per heavy atom. The van der Waals surface area contributed by atoms with Crippen molar-refractivity contribution in [3.05, 3.63) is 76.2 Å². The minimum absolute atomic E-state index is 0. The summed E-state index contributed by atoms with van der Waals surface area (Å²) in [7, 11) is 0. The zero-order chi connectivity index (χ0) is 20.6. The molecule has 2 aromatic heterocycles. The van der Waals surface area contributed by atoms with Crippen LogP contribution in [0.15, 0.2) is 53.7 Å². The number of rotatable bonds is 7. The van der Waals surface area contributed by atoms with Crippen molar-refractivity contribution in [3.8, 4) is 5.82 Å². The summed E-state index contributed by atoms with van der Waals surface area (Å²) in [5.41, 5.74) is 4.34. The number of guanidine groups is 1. The first kappa shape index (κ1) is 24.1. The number of hydrogen-bond donors (Lipinski definition) is 2. The van der Waals surface area contributed by atoms with Gasteiger partial charge in [0.1, 0.15) is 0 Å². The Balaban J connectivity index is 0.00000320. The fourth-order valence-corrected chi connectivity index (χ4v) is 3.11. The van der Waals surface area contributed by atoms with Crippen molar-refractivity contribution in [3.63, 3.8) is 0 Å². The van der Waals surface area contributed by atoms with Gasteiger partial charge in [0.15, 0.2) is 11.8 Å². The number of benzene rings is 1. The Kier molecular flexibility index (Phi) is 9.58. The molecule has 2 heterocycles. The molecule has 0 spiro atoms. The zero-order valence-electron chi connectivity index (χ0n) is 17.5. The van der Waals surface area contributed by atoms with Crippen LogP contribution in [-0.2, 0) is 13.0 Å². The van der Waals surface area contributed by atoms with E-state index < -0.39 is 0 Å². The largest absolute Gasteiger partial charge is 0.357 e. The molecule has 0 saturated carbocycles. The van der Waals surface area contributed by atoms with Crippen LogP contribution in [0.5, 0.6) is 0 Å². The number of aliphatic imine (C=N–C) groups is 1. The summed E-state index contributed by atoms with van der Waals surface area (Å²) < 4.78 is 1.85. The van der Waals surface area contributed by atoms with Gasteiger partial charge in [-0.05, 0) is 62.6 Å². The molecule has 8 heteroatoms. The maximum Gasteiger partial charge on any atom is 0.191 e. The van der Waals surface area contributed by atoms with E-state index in [2.05, 4.69) is 32.6 Å². The molecule has 30 heavy (non-hydrogen) atoms. The minimum atomic E-state index is 0. The topological polar surface area (TPSA) is 67.1 Å². The lowest BCUT2D eigenvalue weighted by atomic mass is 10.1. The van der Waals surface area contributed by atoms with Crippen molar-refractivity contribution in [2.45, 2.75) is 33.7 Å². The predicted octanol–water partition coefficient (Wildman–Crippen LogP) is 4.45. The molecule has 0 aliphatic carbocycles. The maximum atomic E-state index is 5.94. The Labute approximate surface area is 200 Å². The molecule has 0 atom stereocenters. The SMILES string of the molecule is CCNC(=NCc1ccc(-n2nc(C)cc2C)nc1)NCCc1ccc(Cl)cc1.I. The summed E-state index contributed by atoms with van der Waals surface area (Å²) in [6, 6.07) is 14.0. The minimum Gasteiger partial charge on any atom is -0.357 e. The molecule has 0 aliphatic heterocycles. The zero-order valence-corrected chi connectivity index (χ0v) is 20.6. The monoisotopic (exact) mass is 538 g/mol. The average molecular weight is 539 g/mol. The van der Waals surface area contributed by atoms with Crippen LogP contribution in [0.25, 0.3) is 5.82 Å². The van der Waals surface area contributed by atoms with E-state index in [1.54, 1.807) is 0 Å². The van der Waals surface area contributed by atoms with Crippen molar-refractivity contribution in [2.24, 2.45) is 4.99 Å². The summed E-state index contributed by atoms with van der Waals surface area (Å²) in [5, 5.41) is 11.9. The van der Waals surface area contributed by atoms with Gasteiger partial charge in [0, 0.05) is 30.0 Å². The summed E-state index contributed by atoms with van der Waals surface area (Å²) in [4.78, 5) is 9.20. The van der Waals surface area contributed by atoms with Crippen LogP contribution in [0.2, 0.25) is 5.02 Å². The number of pyridine rings is 1. The molecule has 160 valence electrons. The molecule has 0 fully saturated rings. The van der Waals surface area contributed by atoms with E-state index in [4.69, 9.17) is 11.6 Å². The number of aryl methyl sites for hydroxylation is 2. The normalized spacial score (nSPS) is 11.1. The predicted molar refractivity (Wildman–Crippen MR) is 134 cm³/mol. The van der Waals surface area contributed by atoms with Crippen molar-refractivity contribution < 1.29 is 0 Å². The smallest absolute Gasteiger partial charge is 0.191 e. The fourth-order valence-electron chi connectivity index (χ4n) is 2.98. The Morgan fingerprint density at radius 1 is 1.07 bits per heavy atom. The molecule has 0 radical (unpaired) electrons. The van der Waals surface area contributed by atoms with Gasteiger partial charge in [0.05, 0.1) is 12.2 Å². The molecule has 3 aromatic rings. The Hall–Kier alpha value is -2.13. The number of aromatic nitrogens is 3. The van der Waals surface area contributed by atoms with Crippen LogP contribution < -0.4 is 10.6 Å². The summed E-state index contributed by atoms with van der Waals surface area (Å²) in [6.07, 6.45) is 2.76. The van der Waals surface area contributed by atoms with Gasteiger partial charge >= 0.3 is 0 Å². The first-order valence-corrected chi connectivity index (χ1v) is 10.2. The van der Waals surface area contributed by atoms with Crippen molar-refractivity contribution in [1.29, 1.82) is 0 Å². The van der Waals surface area contributed by atoms with E-state index in [0.29, 0.717) is 6.54 Å². The van der Waals surface area contributed by atoms with Gasteiger partial charge in [-0.2, -0.15) is 5.10 Å². The van der Waals surface area contributed by atoms with Gasteiger partial charge in [0.2, 0.25) is 0 Å². The van der Waals surface area contributed by atoms with Crippen molar-refractivity contribution in [2.75, 3.05) is 13.1 Å². The molecule has 0 aliphatic rings. The van der Waals surface area contributed by atoms with Crippen LogP contribution in [0.3, 0.4) is 0 Å². The summed E-state index contributed by atoms with van der Waals surface area (Å²) in [6.45, 7) is 8.22. The second-order valence-electron chi connectivity index (χ2n) is 6.86. The standard InChI is InChI=1S/C22H27ClN6.HI/c1-4-24-22(25-12-11-18-5-8-20(23)9-6-18)27-15-19-7-10-21(26-14-19)29-17(3)13-16(2)28-29;/h5-10,13-14H,4,11-12,15H2,1-3H3,(H2,24,25,27);1H. The van der Waals surface area contributed by atoms with Gasteiger partial charge in [-0.3, -0.25) is 0 Å². The molecule has 6 nitrogen and oxygen atoms in total. The van der Waals surface area contributed by atoms with Crippen LogP contribution in [0.4, 0.5) is 0 Å². The molecule has 0 bridgehead atoms. The van der Waals surface area contributed by atoms with E-state index in [1.807, 2.05) is 67.2 Å². The van der Waals surface area contributed by atoms with E-state index >= 15 is 0 Å². The van der Waals surface area contributed by atoms with Gasteiger partial charge in [0.25, 0.3) is 0 Å². The average Bonchev–Trinajstić information content (AvgIpc) is 3.06. The quantitative estimate of drug-likeness (QED) is 0.265. The fraction of sp³-hybridized carbons (Fsp3) is 0.318. The van der Waals surface area contributed by atoms with E-state index in [-0.39, 0.29) is 24.0 Å². The summed E-state index contributed by atoms with van der Waals surface area (Å²) in [5.74, 6) is 1.61. The van der Waals surface area contributed by atoms with Gasteiger partial charge < -0.3 is 10.6 Å². The third-order valence-electron chi connectivity index (χ3n) is 4.42. The molecule has 3 rings (SSSR count). The van der Waals surface area contributed by atoms with E-state index in [9.17, 15) is 0 Å². The molecular formula is C22H28ClIN6. The second kappa shape index (κ2) is 11.9. The number of halogens is 2. The lowest BCUT2D eigenvalue weighted by Crippen LogP contribution is -2.38. The number of hydrogen-bond acceptors (Lipinski definition) is 3. The van der Waals surface area contributed by atoms with E-state index in [1.165, 1.54) is 5.56 Å². The summed E-state index contributed by atoms with van der Waals surface area (Å²) >= 11 is 5.94. The Bertz CT molecular complexity index is 951. The van der Waals surface area contributed by atoms with E-state index in [0.717, 1.165) is 53.3 Å². The third-order valence-corrected chi connectivity index (χ3v) is 4.67. The van der Waals surface area contributed by atoms with Gasteiger partial charge in [-0.15, -0.1) is 24.0 Å². The molecule has 0 unspecified atom stereocenters. The third kappa shape index (κ3) is 6.98. The first-order valence-electron chi connectivity index (χ1n) is 9.80. The molecule has 2 N–H and O–H groups in total. The lowest BCUT2D eigenvalue weighted by Gasteiger charge is -2.11. The molecule has 0 saturated heterocycles. The highest BCUT2D eigenvalue weighted by Crippen LogP contribution is 2.11. The van der Waals surface area contributed by atoms with Crippen LogP contribution in [0, 0.1) is 13.8 Å². The first-order chi connectivity index (χ1) is 14.0. The number of nitrogens with zero attached hydrogens (tertiary/aromatic N) is 4. The molecule has 0 amide bonds. The van der Waals surface area contributed by atoms with Gasteiger partial charge in [-0.25, -0.2) is 14.7 Å². The highest BCUT2D eigenvalue weighted by atomic mass is 127. The second-order valence-corrected chi connectivity index (χ2v) is 7.30. The lowest BCUT2D eigenvalue weighted by molar-refractivity contribution is 0.794. The van der Waals surface area contributed by atoms with Crippen molar-refractivity contribution >= 4 is 41.5 Å². The number of nitrogens with one attached hydrogen (secondary N) is 2. The highest BCUT2D eigenvalue weighted by Gasteiger charge is 2.05. The van der Waals surface area contributed by atoms with Crippen LogP contribution in [0.1, 0.15) is 29.4 Å².